The van der Waals surface area contributed by atoms with Gasteiger partial charge >= 0.3 is 0 Å². The van der Waals surface area contributed by atoms with E-state index < -0.39 is 0 Å². The van der Waals surface area contributed by atoms with Crippen molar-refractivity contribution in [1.82, 2.24) is 0 Å². The monoisotopic (exact) mass is 240 g/mol. The molecule has 2 nitrogen and oxygen atoms in total. The van der Waals surface area contributed by atoms with Crippen LogP contribution in [-0.2, 0) is 6.42 Å². The van der Waals surface area contributed by atoms with Crippen molar-refractivity contribution in [1.29, 1.82) is 0 Å². The van der Waals surface area contributed by atoms with Crippen molar-refractivity contribution in [2.24, 2.45) is 0 Å². The highest BCUT2D eigenvalue weighted by Gasteiger charge is 2.28. The third-order valence-corrected chi connectivity index (χ3v) is 3.01. The summed E-state index contributed by atoms with van der Waals surface area (Å²) in [7, 11) is 1.60. The first-order chi connectivity index (χ1) is 6.22. The van der Waals surface area contributed by atoms with Crippen molar-refractivity contribution in [3.63, 3.8) is 0 Å². The van der Waals surface area contributed by atoms with Crippen molar-refractivity contribution < 1.29 is 9.53 Å². The first-order valence-corrected chi connectivity index (χ1v) is 4.99. The van der Waals surface area contributed by atoms with E-state index in [1.165, 1.54) is 0 Å². The molecule has 0 heterocycles. The van der Waals surface area contributed by atoms with E-state index in [0.29, 0.717) is 0 Å². The van der Waals surface area contributed by atoms with Gasteiger partial charge in [-0.15, -0.1) is 0 Å². The lowest BCUT2D eigenvalue weighted by Gasteiger charge is -2.01. The molecule has 1 atom stereocenters. The number of rotatable bonds is 1. The van der Waals surface area contributed by atoms with Crippen molar-refractivity contribution in [2.45, 2.75) is 11.2 Å². The zero-order valence-corrected chi connectivity index (χ0v) is 8.80. The molecular weight excluding hydrogens is 232 g/mol. The maximum atomic E-state index is 11.6. The molecule has 1 aromatic carbocycles. The Labute approximate surface area is 85.0 Å². The molecule has 0 aliphatic heterocycles. The van der Waals surface area contributed by atoms with Gasteiger partial charge in [0.15, 0.2) is 5.78 Å². The van der Waals surface area contributed by atoms with Gasteiger partial charge in [-0.25, -0.2) is 0 Å². The molecule has 1 unspecified atom stereocenters. The summed E-state index contributed by atoms with van der Waals surface area (Å²) in [5.41, 5.74) is 1.90. The number of methoxy groups -OCH3 is 1. The number of halogens is 1. The Hall–Kier alpha value is -0.830. The van der Waals surface area contributed by atoms with Crippen LogP contribution in [0.4, 0.5) is 0 Å². The van der Waals surface area contributed by atoms with Crippen molar-refractivity contribution in [3.8, 4) is 5.75 Å². The van der Waals surface area contributed by atoms with Crippen LogP contribution in [0.15, 0.2) is 18.2 Å². The van der Waals surface area contributed by atoms with E-state index in [2.05, 4.69) is 15.9 Å². The molecule has 1 aliphatic rings. The minimum absolute atomic E-state index is 0.0467. The van der Waals surface area contributed by atoms with Crippen LogP contribution in [0.3, 0.4) is 0 Å². The van der Waals surface area contributed by atoms with Crippen molar-refractivity contribution in [3.05, 3.63) is 29.3 Å². The number of ketones is 1. The molecule has 0 saturated carbocycles. The molecule has 0 bridgehead atoms. The summed E-state index contributed by atoms with van der Waals surface area (Å²) in [5.74, 6) is 0.905. The fourth-order valence-corrected chi connectivity index (χ4v) is 2.14. The van der Waals surface area contributed by atoms with Crippen molar-refractivity contribution in [2.75, 3.05) is 7.11 Å². The molecule has 0 radical (unpaired) electrons. The van der Waals surface area contributed by atoms with E-state index >= 15 is 0 Å². The van der Waals surface area contributed by atoms with Crippen LogP contribution in [0.2, 0.25) is 0 Å². The van der Waals surface area contributed by atoms with Gasteiger partial charge in [0.25, 0.3) is 0 Å². The van der Waals surface area contributed by atoms with E-state index in [0.717, 1.165) is 23.3 Å². The highest BCUT2D eigenvalue weighted by molar-refractivity contribution is 9.10. The van der Waals surface area contributed by atoms with Crippen molar-refractivity contribution >= 4 is 21.7 Å². The molecule has 0 N–H and O–H groups in total. The summed E-state index contributed by atoms with van der Waals surface area (Å²) in [4.78, 5) is 11.5. The van der Waals surface area contributed by atoms with Crippen LogP contribution in [0.1, 0.15) is 15.9 Å². The molecule has 3 heteroatoms. The summed E-state index contributed by atoms with van der Waals surface area (Å²) >= 11 is 3.34. The van der Waals surface area contributed by atoms with Crippen LogP contribution in [0.25, 0.3) is 0 Å². The van der Waals surface area contributed by atoms with Gasteiger partial charge in [0, 0.05) is 5.56 Å². The highest BCUT2D eigenvalue weighted by atomic mass is 79.9. The second-order valence-corrected chi connectivity index (χ2v) is 4.16. The third-order valence-electron chi connectivity index (χ3n) is 2.27. The number of Topliss-reactive ketones (excluding diaryl/α,β-unsaturated/α-hetero) is 1. The largest absolute Gasteiger partial charge is 0.497 e. The summed E-state index contributed by atoms with van der Waals surface area (Å²) in [5, 5.41) is 0. The molecular formula is C10H9BrO2. The Kier molecular flexibility index (Phi) is 2.12. The Morgan fingerprint density at radius 1 is 1.54 bits per heavy atom. The molecule has 68 valence electrons. The van der Waals surface area contributed by atoms with E-state index in [9.17, 15) is 4.79 Å². The first kappa shape index (κ1) is 8.75. The molecule has 0 fully saturated rings. The molecule has 1 aromatic rings. The molecule has 13 heavy (non-hydrogen) atoms. The van der Waals surface area contributed by atoms with Crippen LogP contribution < -0.4 is 4.74 Å². The van der Waals surface area contributed by atoms with Crippen LogP contribution in [-0.4, -0.2) is 17.7 Å². The normalized spacial score (nSPS) is 20.2. The predicted molar refractivity (Wildman–Crippen MR) is 53.7 cm³/mol. The summed E-state index contributed by atoms with van der Waals surface area (Å²) in [6.45, 7) is 0. The van der Waals surface area contributed by atoms with Gasteiger partial charge in [0.2, 0.25) is 0 Å². The quantitative estimate of drug-likeness (QED) is 0.704. The summed E-state index contributed by atoms with van der Waals surface area (Å²) < 4.78 is 5.06. The maximum absolute atomic E-state index is 11.6. The van der Waals surface area contributed by atoms with Gasteiger partial charge in [-0.2, -0.15) is 0 Å². The Morgan fingerprint density at radius 2 is 2.31 bits per heavy atom. The number of carbonyl (C=O) groups is 1. The van der Waals surface area contributed by atoms with E-state index in [1.54, 1.807) is 13.2 Å². The van der Waals surface area contributed by atoms with Crippen LogP contribution in [0, 0.1) is 0 Å². The fraction of sp³-hybridized carbons (Fsp3) is 0.300. The number of ether oxygens (including phenoxy) is 1. The van der Waals surface area contributed by atoms with Crippen LogP contribution >= 0.6 is 15.9 Å². The molecule has 0 saturated heterocycles. The van der Waals surface area contributed by atoms with Gasteiger partial charge in [-0.1, -0.05) is 22.0 Å². The second-order valence-electron chi connectivity index (χ2n) is 3.06. The minimum Gasteiger partial charge on any atom is -0.497 e. The third kappa shape index (κ3) is 1.37. The van der Waals surface area contributed by atoms with E-state index in [-0.39, 0.29) is 10.6 Å². The molecule has 0 aromatic heterocycles. The molecule has 0 spiro atoms. The second kappa shape index (κ2) is 3.14. The van der Waals surface area contributed by atoms with Gasteiger partial charge in [0.05, 0.1) is 11.9 Å². The van der Waals surface area contributed by atoms with Gasteiger partial charge in [-0.3, -0.25) is 4.79 Å². The fourth-order valence-electron chi connectivity index (χ4n) is 1.54. The average Bonchev–Trinajstić information content (AvgIpc) is 2.43. The zero-order chi connectivity index (χ0) is 9.42. The molecule has 0 amide bonds. The lowest BCUT2D eigenvalue weighted by atomic mass is 10.1. The maximum Gasteiger partial charge on any atom is 0.177 e. The first-order valence-electron chi connectivity index (χ1n) is 4.07. The molecule has 1 aliphatic carbocycles. The van der Waals surface area contributed by atoms with E-state index in [1.807, 2.05) is 12.1 Å². The average molecular weight is 241 g/mol. The number of hydrogen-bond donors (Lipinski definition) is 0. The lowest BCUT2D eigenvalue weighted by molar-refractivity contribution is 0.100. The Morgan fingerprint density at radius 3 is 3.00 bits per heavy atom. The Bertz CT molecular complexity index is 360. The van der Waals surface area contributed by atoms with E-state index in [4.69, 9.17) is 4.74 Å². The smallest absolute Gasteiger partial charge is 0.177 e. The highest BCUT2D eigenvalue weighted by Crippen LogP contribution is 2.29. The zero-order valence-electron chi connectivity index (χ0n) is 7.21. The summed E-state index contributed by atoms with van der Waals surface area (Å²) in [6.07, 6.45) is 0.790. The van der Waals surface area contributed by atoms with Gasteiger partial charge in [-0.05, 0) is 24.1 Å². The Balaban J connectivity index is 2.48. The predicted octanol–water partition coefficient (Wildman–Crippen LogP) is 2.20. The van der Waals surface area contributed by atoms with Crippen LogP contribution in [0.5, 0.6) is 5.75 Å². The molecule has 2 rings (SSSR count). The standard InChI is InChI=1S/C10H9BrO2/c1-13-7-3-2-6-4-9(11)10(12)8(6)5-7/h2-3,5,9H,4H2,1H3. The SMILES string of the molecule is COc1ccc2c(c1)C(=O)C(Br)C2. The number of hydrogen-bond acceptors (Lipinski definition) is 2. The minimum atomic E-state index is -0.0467. The van der Waals surface area contributed by atoms with Gasteiger partial charge < -0.3 is 4.74 Å². The lowest BCUT2D eigenvalue weighted by Crippen LogP contribution is -2.06. The number of fused-ring (bicyclic) bond motifs is 1. The number of carbonyl (C=O) groups excluding carboxylic acids is 1. The number of alkyl halides is 1. The van der Waals surface area contributed by atoms with Gasteiger partial charge in [0.1, 0.15) is 5.75 Å². The topological polar surface area (TPSA) is 26.3 Å². The number of benzene rings is 1. The summed E-state index contributed by atoms with van der Waals surface area (Å²) in [6, 6.07) is 5.64.